The van der Waals surface area contributed by atoms with E-state index in [1.807, 2.05) is 35.0 Å². The first kappa shape index (κ1) is 20.8. The number of carbonyl (C=O) groups excluding carboxylic acids is 1. The average molecular weight is 465 g/mol. The van der Waals surface area contributed by atoms with Crippen molar-refractivity contribution in [2.45, 2.75) is 13.0 Å². The number of thiazole rings is 1. The molecule has 1 saturated heterocycles. The van der Waals surface area contributed by atoms with Crippen molar-refractivity contribution in [3.8, 4) is 12.3 Å². The number of rotatable bonds is 5. The SMILES string of the molecule is C#CCn1cc(CC(=O)Nc2nc3ccc(N4CCOCC4)cc3s2)c2cc(Cl)ccc21. The van der Waals surface area contributed by atoms with Crippen LogP contribution in [-0.2, 0) is 22.5 Å². The van der Waals surface area contributed by atoms with Gasteiger partial charge < -0.3 is 19.5 Å². The van der Waals surface area contributed by atoms with Crippen LogP contribution in [0.15, 0.2) is 42.6 Å². The highest BCUT2D eigenvalue weighted by Crippen LogP contribution is 2.31. The third kappa shape index (κ3) is 4.17. The maximum Gasteiger partial charge on any atom is 0.230 e. The monoisotopic (exact) mass is 464 g/mol. The fourth-order valence-electron chi connectivity index (χ4n) is 4.03. The first-order valence-corrected chi connectivity index (χ1v) is 11.5. The van der Waals surface area contributed by atoms with Gasteiger partial charge in [0.15, 0.2) is 5.13 Å². The van der Waals surface area contributed by atoms with Gasteiger partial charge in [0.2, 0.25) is 5.91 Å². The van der Waals surface area contributed by atoms with Crippen LogP contribution in [0.2, 0.25) is 5.02 Å². The molecule has 2 aromatic carbocycles. The van der Waals surface area contributed by atoms with Crippen LogP contribution < -0.4 is 10.2 Å². The van der Waals surface area contributed by atoms with Gasteiger partial charge in [-0.1, -0.05) is 28.9 Å². The molecule has 0 bridgehead atoms. The molecule has 1 fully saturated rings. The van der Waals surface area contributed by atoms with E-state index in [-0.39, 0.29) is 12.3 Å². The van der Waals surface area contributed by atoms with E-state index in [0.717, 1.165) is 58.7 Å². The van der Waals surface area contributed by atoms with Crippen LogP contribution in [0.4, 0.5) is 10.8 Å². The van der Waals surface area contributed by atoms with Crippen LogP contribution in [-0.4, -0.2) is 41.8 Å². The zero-order valence-electron chi connectivity index (χ0n) is 17.3. The van der Waals surface area contributed by atoms with Gasteiger partial charge in [0.05, 0.1) is 36.4 Å². The van der Waals surface area contributed by atoms with E-state index in [1.54, 1.807) is 0 Å². The summed E-state index contributed by atoms with van der Waals surface area (Å²) in [4.78, 5) is 19.7. The summed E-state index contributed by atoms with van der Waals surface area (Å²) >= 11 is 7.67. The smallest absolute Gasteiger partial charge is 0.230 e. The molecule has 6 nitrogen and oxygen atoms in total. The lowest BCUT2D eigenvalue weighted by Gasteiger charge is -2.28. The molecule has 0 saturated carbocycles. The Hall–Kier alpha value is -3.05. The highest BCUT2D eigenvalue weighted by molar-refractivity contribution is 7.22. The highest BCUT2D eigenvalue weighted by Gasteiger charge is 2.16. The zero-order chi connectivity index (χ0) is 22.1. The Kier molecular flexibility index (Phi) is 5.75. The first-order valence-electron chi connectivity index (χ1n) is 10.3. The second-order valence-corrected chi connectivity index (χ2v) is 9.11. The molecule has 0 radical (unpaired) electrons. The van der Waals surface area contributed by atoms with Crippen molar-refractivity contribution in [3.05, 3.63) is 53.2 Å². The summed E-state index contributed by atoms with van der Waals surface area (Å²) in [7, 11) is 0. The van der Waals surface area contributed by atoms with Crippen LogP contribution in [0.25, 0.3) is 21.1 Å². The Morgan fingerprint density at radius 2 is 2.09 bits per heavy atom. The van der Waals surface area contributed by atoms with Gasteiger partial charge in [0.25, 0.3) is 0 Å². The maximum absolute atomic E-state index is 12.8. The van der Waals surface area contributed by atoms with Gasteiger partial charge in [0.1, 0.15) is 0 Å². The van der Waals surface area contributed by atoms with E-state index in [4.69, 9.17) is 22.8 Å². The van der Waals surface area contributed by atoms with Crippen LogP contribution in [0.3, 0.4) is 0 Å². The second kappa shape index (κ2) is 8.83. The molecule has 1 aliphatic heterocycles. The summed E-state index contributed by atoms with van der Waals surface area (Å²) in [6.45, 7) is 3.68. The number of terminal acetylenes is 1. The van der Waals surface area contributed by atoms with Crippen molar-refractivity contribution in [2.24, 2.45) is 0 Å². The fraction of sp³-hybridized carbons (Fsp3) is 0.250. The van der Waals surface area contributed by atoms with E-state index in [1.165, 1.54) is 11.3 Å². The third-order valence-electron chi connectivity index (χ3n) is 5.53. The molecule has 0 spiro atoms. The van der Waals surface area contributed by atoms with Gasteiger partial charge in [-0.25, -0.2) is 4.98 Å². The minimum absolute atomic E-state index is 0.128. The van der Waals surface area contributed by atoms with E-state index >= 15 is 0 Å². The van der Waals surface area contributed by atoms with Gasteiger partial charge in [0, 0.05) is 40.9 Å². The molecule has 4 aromatic rings. The predicted octanol–water partition coefficient (Wildman–Crippen LogP) is 4.56. The summed E-state index contributed by atoms with van der Waals surface area (Å²) < 4.78 is 8.44. The highest BCUT2D eigenvalue weighted by atomic mass is 35.5. The fourth-order valence-corrected chi connectivity index (χ4v) is 5.12. The number of nitrogens with one attached hydrogen (secondary N) is 1. The number of fused-ring (bicyclic) bond motifs is 2. The molecule has 162 valence electrons. The number of benzene rings is 2. The quantitative estimate of drug-likeness (QED) is 0.440. The van der Waals surface area contributed by atoms with Crippen LogP contribution >= 0.6 is 22.9 Å². The molecule has 32 heavy (non-hydrogen) atoms. The number of ether oxygens (including phenoxy) is 1. The van der Waals surface area contributed by atoms with Crippen molar-refractivity contribution >= 4 is 60.8 Å². The summed E-state index contributed by atoms with van der Waals surface area (Å²) in [5.74, 6) is 2.52. The summed E-state index contributed by atoms with van der Waals surface area (Å²) in [6, 6.07) is 11.8. The molecule has 1 amide bonds. The Labute approximate surface area is 194 Å². The predicted molar refractivity (Wildman–Crippen MR) is 131 cm³/mol. The van der Waals surface area contributed by atoms with Gasteiger partial charge in [-0.15, -0.1) is 6.42 Å². The topological polar surface area (TPSA) is 59.4 Å². The van der Waals surface area contributed by atoms with E-state index < -0.39 is 0 Å². The largest absolute Gasteiger partial charge is 0.378 e. The number of amides is 1. The molecule has 2 aromatic heterocycles. The van der Waals surface area contributed by atoms with Gasteiger partial charge in [-0.3, -0.25) is 4.79 Å². The average Bonchev–Trinajstić information content (AvgIpc) is 3.34. The lowest BCUT2D eigenvalue weighted by atomic mass is 10.1. The van der Waals surface area contributed by atoms with E-state index in [9.17, 15) is 4.79 Å². The Morgan fingerprint density at radius 1 is 1.25 bits per heavy atom. The third-order valence-corrected chi connectivity index (χ3v) is 6.70. The molecule has 3 heterocycles. The maximum atomic E-state index is 12.8. The second-order valence-electron chi connectivity index (χ2n) is 7.64. The minimum Gasteiger partial charge on any atom is -0.378 e. The first-order chi connectivity index (χ1) is 15.6. The summed E-state index contributed by atoms with van der Waals surface area (Å²) in [5.41, 5.74) is 3.87. The number of halogens is 1. The van der Waals surface area contributed by atoms with E-state index in [2.05, 4.69) is 33.3 Å². The van der Waals surface area contributed by atoms with Crippen molar-refractivity contribution in [1.82, 2.24) is 9.55 Å². The molecular formula is C24H21ClN4O2S. The molecule has 0 unspecified atom stereocenters. The number of anilines is 2. The zero-order valence-corrected chi connectivity index (χ0v) is 18.9. The van der Waals surface area contributed by atoms with Crippen LogP contribution in [0, 0.1) is 12.3 Å². The number of carbonyl (C=O) groups is 1. The van der Waals surface area contributed by atoms with Crippen molar-refractivity contribution in [3.63, 3.8) is 0 Å². The van der Waals surface area contributed by atoms with Gasteiger partial charge in [-0.05, 0) is 42.0 Å². The molecule has 1 aliphatic rings. The number of hydrogen-bond donors (Lipinski definition) is 1. The molecule has 1 N–H and O–H groups in total. The summed E-state index contributed by atoms with van der Waals surface area (Å²) in [6.07, 6.45) is 7.63. The molecular weight excluding hydrogens is 444 g/mol. The molecule has 0 atom stereocenters. The lowest BCUT2D eigenvalue weighted by Crippen LogP contribution is -2.36. The molecule has 5 rings (SSSR count). The van der Waals surface area contributed by atoms with Crippen LogP contribution in [0.5, 0.6) is 0 Å². The van der Waals surface area contributed by atoms with Crippen molar-refractivity contribution < 1.29 is 9.53 Å². The normalized spacial score (nSPS) is 14.1. The standard InChI is InChI=1S/C24H21ClN4O2S/c1-2-7-29-15-16(19-13-17(25)3-6-21(19)29)12-23(30)27-24-26-20-5-4-18(14-22(20)32-24)28-8-10-31-11-9-28/h1,3-6,13-15H,7-12H2,(H,26,27,30). The number of nitrogens with zero attached hydrogens (tertiary/aromatic N) is 3. The van der Waals surface area contributed by atoms with Crippen molar-refractivity contribution in [1.29, 1.82) is 0 Å². The lowest BCUT2D eigenvalue weighted by molar-refractivity contribution is -0.115. The van der Waals surface area contributed by atoms with Gasteiger partial charge >= 0.3 is 0 Å². The Morgan fingerprint density at radius 3 is 2.91 bits per heavy atom. The Bertz CT molecular complexity index is 1350. The number of hydrogen-bond acceptors (Lipinski definition) is 5. The molecule has 8 heteroatoms. The van der Waals surface area contributed by atoms with E-state index in [0.29, 0.717) is 16.7 Å². The van der Waals surface area contributed by atoms with Crippen LogP contribution in [0.1, 0.15) is 5.56 Å². The number of morpholine rings is 1. The Balaban J connectivity index is 1.35. The minimum atomic E-state index is -0.128. The van der Waals surface area contributed by atoms with Crippen molar-refractivity contribution in [2.75, 3.05) is 36.5 Å². The number of aromatic nitrogens is 2. The molecule has 0 aliphatic carbocycles. The summed E-state index contributed by atoms with van der Waals surface area (Å²) in [5, 5.41) is 5.10. The van der Waals surface area contributed by atoms with Gasteiger partial charge in [-0.2, -0.15) is 0 Å².